The number of aliphatic hydroxyl groups excluding tert-OH is 1. The Bertz CT molecular complexity index is 649. The Kier molecular flexibility index (Phi) is 4.82. The van der Waals surface area contributed by atoms with Gasteiger partial charge in [-0.15, -0.1) is 11.8 Å². The minimum atomic E-state index is -1.15. The summed E-state index contributed by atoms with van der Waals surface area (Å²) in [6.07, 6.45) is -1.16. The molecule has 9 heteroatoms. The van der Waals surface area contributed by atoms with Gasteiger partial charge in [-0.3, -0.25) is 9.59 Å². The van der Waals surface area contributed by atoms with Gasteiger partial charge in [0.05, 0.1) is 23.3 Å². The lowest BCUT2D eigenvalue weighted by molar-refractivity contribution is -0.163. The average molecular weight is 370 g/mol. The molecular weight excluding hydrogens is 348 g/mol. The Labute approximate surface area is 149 Å². The Morgan fingerprint density at radius 2 is 2.08 bits per heavy atom. The molecule has 0 bridgehead atoms. The van der Waals surface area contributed by atoms with Crippen molar-refractivity contribution in [2.24, 2.45) is 11.8 Å². The number of carboxylic acid groups (broad SMARTS) is 1. The molecule has 0 aromatic carbocycles. The van der Waals surface area contributed by atoms with Gasteiger partial charge in [0, 0.05) is 30.8 Å². The van der Waals surface area contributed by atoms with E-state index in [2.05, 4.69) is 5.32 Å². The van der Waals surface area contributed by atoms with Crippen molar-refractivity contribution in [1.82, 2.24) is 10.2 Å². The number of β-lactam (4-membered cyclic amide) rings is 1. The van der Waals surface area contributed by atoms with Crippen LogP contribution >= 0.6 is 11.8 Å². The molecule has 3 heterocycles. The van der Waals surface area contributed by atoms with Crippen LogP contribution in [0.15, 0.2) is 10.6 Å². The van der Waals surface area contributed by atoms with Crippen LogP contribution in [0.4, 0.5) is 0 Å². The number of hydrogen-bond acceptors (Lipinski definition) is 7. The number of hydrogen-bond donors (Lipinski definition) is 3. The van der Waals surface area contributed by atoms with E-state index >= 15 is 0 Å². The number of ether oxygens (including phenoxy) is 1. The molecule has 3 aliphatic heterocycles. The number of esters is 1. The summed E-state index contributed by atoms with van der Waals surface area (Å²) in [7, 11) is 0. The van der Waals surface area contributed by atoms with Crippen LogP contribution in [0.2, 0.25) is 0 Å². The number of amides is 1. The Balaban J connectivity index is 1.85. The van der Waals surface area contributed by atoms with Crippen molar-refractivity contribution in [3.05, 3.63) is 10.6 Å². The van der Waals surface area contributed by atoms with Crippen molar-refractivity contribution in [1.29, 1.82) is 0 Å². The fourth-order valence-corrected chi connectivity index (χ4v) is 5.40. The van der Waals surface area contributed by atoms with E-state index in [1.54, 1.807) is 6.92 Å². The highest BCUT2D eigenvalue weighted by Crippen LogP contribution is 2.51. The first kappa shape index (κ1) is 18.2. The molecule has 3 rings (SSSR count). The lowest BCUT2D eigenvalue weighted by atomic mass is 9.79. The summed E-state index contributed by atoms with van der Waals surface area (Å²) in [5.41, 5.74) is -0.00197. The van der Waals surface area contributed by atoms with E-state index in [1.807, 2.05) is 6.92 Å². The molecule has 2 saturated heterocycles. The highest BCUT2D eigenvalue weighted by atomic mass is 32.2. The van der Waals surface area contributed by atoms with Crippen LogP contribution in [0.5, 0.6) is 0 Å². The number of carbonyl (C=O) groups is 3. The minimum Gasteiger partial charge on any atom is -0.477 e. The molecule has 6 atom stereocenters. The van der Waals surface area contributed by atoms with Crippen LogP contribution < -0.4 is 5.32 Å². The van der Waals surface area contributed by atoms with Crippen molar-refractivity contribution in [2.75, 3.05) is 13.1 Å². The molecule has 3 aliphatic rings. The lowest BCUT2D eigenvalue weighted by Crippen LogP contribution is -2.63. The Hall–Kier alpha value is -1.58. The first-order chi connectivity index (χ1) is 11.7. The van der Waals surface area contributed by atoms with Crippen molar-refractivity contribution in [3.63, 3.8) is 0 Å². The van der Waals surface area contributed by atoms with Crippen LogP contribution in [-0.2, 0) is 19.1 Å². The number of carboxylic acids is 1. The first-order valence-electron chi connectivity index (χ1n) is 8.27. The SMILES string of the molecule is CC(=O)OC1CNCC1SC1=C(C(=O)O)N2C(=O)C(C(C)O)[C@H]2C1C. The quantitative estimate of drug-likeness (QED) is 0.449. The lowest BCUT2D eigenvalue weighted by Gasteiger charge is -2.46. The number of rotatable bonds is 5. The Morgan fingerprint density at radius 3 is 2.64 bits per heavy atom. The largest absolute Gasteiger partial charge is 0.477 e. The summed E-state index contributed by atoms with van der Waals surface area (Å²) in [6.45, 7) is 5.88. The zero-order chi connectivity index (χ0) is 18.5. The number of carbonyl (C=O) groups excluding carboxylic acids is 2. The number of fused-ring (bicyclic) bond motifs is 1. The number of aliphatic carboxylic acids is 1. The number of nitrogens with zero attached hydrogens (tertiary/aromatic N) is 1. The predicted molar refractivity (Wildman–Crippen MR) is 89.4 cm³/mol. The second-order valence-corrected chi connectivity index (χ2v) is 8.02. The third kappa shape index (κ3) is 2.94. The number of thioether (sulfide) groups is 1. The summed E-state index contributed by atoms with van der Waals surface area (Å²) >= 11 is 1.36. The smallest absolute Gasteiger partial charge is 0.353 e. The van der Waals surface area contributed by atoms with Crippen LogP contribution in [0.1, 0.15) is 20.8 Å². The van der Waals surface area contributed by atoms with Crippen LogP contribution in [0.3, 0.4) is 0 Å². The van der Waals surface area contributed by atoms with Crippen molar-refractivity contribution in [3.8, 4) is 0 Å². The molecule has 1 amide bonds. The van der Waals surface area contributed by atoms with E-state index in [9.17, 15) is 24.6 Å². The second kappa shape index (κ2) is 6.62. The number of aliphatic hydroxyl groups is 1. The Morgan fingerprint density at radius 1 is 1.40 bits per heavy atom. The van der Waals surface area contributed by atoms with Gasteiger partial charge in [-0.2, -0.15) is 0 Å². The number of nitrogens with one attached hydrogen (secondary N) is 1. The summed E-state index contributed by atoms with van der Waals surface area (Å²) in [5.74, 6) is -2.63. The third-order valence-electron chi connectivity index (χ3n) is 5.01. The van der Waals surface area contributed by atoms with Gasteiger partial charge < -0.3 is 25.2 Å². The summed E-state index contributed by atoms with van der Waals surface area (Å²) in [6, 6.07) is -0.331. The molecule has 5 unspecified atom stereocenters. The van der Waals surface area contributed by atoms with E-state index < -0.39 is 18.0 Å². The predicted octanol–water partition coefficient (Wildman–Crippen LogP) is -0.223. The maximum absolute atomic E-state index is 12.3. The zero-order valence-corrected chi connectivity index (χ0v) is 15.1. The normalized spacial score (nSPS) is 35.4. The minimum absolute atomic E-state index is 0.00197. The van der Waals surface area contributed by atoms with Crippen LogP contribution in [0.25, 0.3) is 0 Å². The molecule has 0 aromatic rings. The summed E-state index contributed by atoms with van der Waals surface area (Å²) < 4.78 is 5.30. The van der Waals surface area contributed by atoms with E-state index in [4.69, 9.17) is 4.74 Å². The molecule has 0 spiro atoms. The van der Waals surface area contributed by atoms with E-state index in [0.717, 1.165) is 0 Å². The highest BCUT2D eigenvalue weighted by molar-refractivity contribution is 8.03. The van der Waals surface area contributed by atoms with Gasteiger partial charge in [-0.05, 0) is 6.92 Å². The summed E-state index contributed by atoms with van der Waals surface area (Å²) in [4.78, 5) is 37.3. The van der Waals surface area contributed by atoms with Gasteiger partial charge in [-0.25, -0.2) is 4.79 Å². The molecule has 8 nitrogen and oxygen atoms in total. The highest BCUT2D eigenvalue weighted by Gasteiger charge is 2.60. The standard InChI is InChI=1S/C16H22N2O6S/c1-6-12-11(7(2)19)15(21)18(12)13(16(22)23)14(6)25-10-5-17-4-9(10)24-8(3)20/h6-7,9-12,17,19H,4-5H2,1-3H3,(H,22,23)/t6?,7?,9?,10?,11?,12-/m1/s1. The van der Waals surface area contributed by atoms with Crippen LogP contribution in [0, 0.1) is 11.8 Å². The average Bonchev–Trinajstić information content (AvgIpc) is 3.01. The molecule has 0 aromatic heterocycles. The summed E-state index contributed by atoms with van der Waals surface area (Å²) in [5, 5.41) is 22.5. The molecule has 2 fully saturated rings. The maximum Gasteiger partial charge on any atom is 0.353 e. The third-order valence-corrected chi connectivity index (χ3v) is 6.60. The van der Waals surface area contributed by atoms with E-state index in [-0.39, 0.29) is 40.9 Å². The molecular formula is C16H22N2O6S. The van der Waals surface area contributed by atoms with Gasteiger partial charge in [0.1, 0.15) is 11.8 Å². The second-order valence-electron chi connectivity index (χ2n) is 6.73. The molecule has 138 valence electrons. The fourth-order valence-electron chi connectivity index (χ4n) is 3.92. The first-order valence-corrected chi connectivity index (χ1v) is 9.15. The van der Waals surface area contributed by atoms with E-state index in [0.29, 0.717) is 18.0 Å². The molecule has 0 radical (unpaired) electrons. The molecule has 3 N–H and O–H groups in total. The molecule has 0 aliphatic carbocycles. The van der Waals surface area contributed by atoms with Crippen LogP contribution in [-0.4, -0.2) is 69.5 Å². The van der Waals surface area contributed by atoms with E-state index in [1.165, 1.54) is 23.6 Å². The van der Waals surface area contributed by atoms with Gasteiger partial charge in [-0.1, -0.05) is 6.92 Å². The molecule has 25 heavy (non-hydrogen) atoms. The van der Waals surface area contributed by atoms with Crippen molar-refractivity contribution in [2.45, 2.75) is 44.3 Å². The van der Waals surface area contributed by atoms with Crippen molar-refractivity contribution >= 4 is 29.6 Å². The maximum atomic E-state index is 12.3. The molecule has 0 saturated carbocycles. The van der Waals surface area contributed by atoms with Gasteiger partial charge in [0.15, 0.2) is 0 Å². The zero-order valence-electron chi connectivity index (χ0n) is 14.3. The van der Waals surface area contributed by atoms with Gasteiger partial charge >= 0.3 is 11.9 Å². The van der Waals surface area contributed by atoms with Gasteiger partial charge in [0.2, 0.25) is 5.91 Å². The monoisotopic (exact) mass is 370 g/mol. The fraction of sp³-hybridized carbons (Fsp3) is 0.688. The van der Waals surface area contributed by atoms with Crippen molar-refractivity contribution < 1.29 is 29.3 Å². The van der Waals surface area contributed by atoms with Gasteiger partial charge in [0.25, 0.3) is 0 Å². The topological polar surface area (TPSA) is 116 Å².